The zero-order valence-corrected chi connectivity index (χ0v) is 37.0. The molecular formula is C43H72N6O10S. The zero-order valence-electron chi connectivity index (χ0n) is 36.2. The molecule has 0 saturated carbocycles. The monoisotopic (exact) mass is 865 g/mol. The summed E-state index contributed by atoms with van der Waals surface area (Å²) in [6.07, 6.45) is 6.55. The predicted octanol–water partition coefficient (Wildman–Crippen LogP) is 2.35. The van der Waals surface area contributed by atoms with Gasteiger partial charge in [0, 0.05) is 25.3 Å². The van der Waals surface area contributed by atoms with E-state index in [0.29, 0.717) is 65.6 Å². The number of nitrogens with two attached hydrogens (primary N) is 2. The standard InChI is InChI=1S/C19H25NO.C12H24N2O4.C6H13NO3.C5H5NO2S.CH5N/c1-20-18(15-17-11-6-3-7-12-17)19(21)14-8-13-16-9-4-2-5-10-16;1-10(2)11(8-15)14-12(16)9-18-7-6-17-5-4-13-3;7-1-3-9-5-6-10-4-2-8;7-4-8-2-5-1-6-3-9-5;1-2/h2-7,9-12,18-21H,8,13-15H2,1H3;8,10-11,13H,4-7,9H2,1-3H3,(H,14,16);2H,1,3-7H2;1,3-4H,2H2;2H2,1H3/t;11-;;;/m.1.../s1. The Morgan fingerprint density at radius 2 is 1.48 bits per heavy atom. The van der Waals surface area contributed by atoms with Gasteiger partial charge in [0.15, 0.2) is 0 Å². The fourth-order valence-corrected chi connectivity index (χ4v) is 5.18. The van der Waals surface area contributed by atoms with E-state index in [2.05, 4.69) is 67.8 Å². The lowest BCUT2D eigenvalue weighted by Crippen LogP contribution is -2.41. The number of likely N-dealkylation sites (N-methyl/N-ethyl adjacent to an activating group) is 2. The van der Waals surface area contributed by atoms with Gasteiger partial charge in [-0.05, 0) is 63.9 Å². The lowest BCUT2D eigenvalue weighted by atomic mass is 9.97. The Kier molecular flexibility index (Phi) is 43.1. The Bertz CT molecular complexity index is 1360. The van der Waals surface area contributed by atoms with Crippen LogP contribution in [0.3, 0.4) is 0 Å². The lowest BCUT2D eigenvalue weighted by molar-refractivity contribution is -0.130. The van der Waals surface area contributed by atoms with Gasteiger partial charge in [-0.25, -0.2) is 0 Å². The van der Waals surface area contributed by atoms with Gasteiger partial charge in [-0.3, -0.25) is 14.6 Å². The van der Waals surface area contributed by atoms with Gasteiger partial charge in [-0.15, -0.1) is 11.3 Å². The fraction of sp³-hybridized carbons (Fsp3) is 0.558. The van der Waals surface area contributed by atoms with Gasteiger partial charge in [0.25, 0.3) is 6.47 Å². The van der Waals surface area contributed by atoms with Gasteiger partial charge < -0.3 is 65.8 Å². The van der Waals surface area contributed by atoms with Crippen molar-refractivity contribution in [1.29, 1.82) is 0 Å². The number of amides is 1. The minimum atomic E-state index is -0.451. The number of benzene rings is 2. The molecule has 0 aliphatic carbocycles. The molecule has 3 rings (SSSR count). The van der Waals surface area contributed by atoms with Gasteiger partial charge in [-0.1, -0.05) is 74.5 Å². The number of carbonyl (C=O) groups excluding carboxylic acids is 4. The molecule has 16 nitrogen and oxygen atoms in total. The van der Waals surface area contributed by atoms with Crippen LogP contribution in [0.15, 0.2) is 72.4 Å². The number of ether oxygens (including phenoxy) is 5. The van der Waals surface area contributed by atoms with Gasteiger partial charge in [-0.2, -0.15) is 0 Å². The van der Waals surface area contributed by atoms with Crippen LogP contribution in [-0.2, 0) is 62.3 Å². The summed E-state index contributed by atoms with van der Waals surface area (Å²) in [5, 5.41) is 19.2. The number of rotatable bonds is 29. The van der Waals surface area contributed by atoms with Crippen molar-refractivity contribution in [1.82, 2.24) is 20.9 Å². The summed E-state index contributed by atoms with van der Waals surface area (Å²) in [6.45, 7) is 8.86. The van der Waals surface area contributed by atoms with E-state index in [0.717, 1.165) is 43.4 Å². The summed E-state index contributed by atoms with van der Waals surface area (Å²) in [4.78, 5) is 46.2. The number of thiazole rings is 1. The smallest absolute Gasteiger partial charge is 0.293 e. The Balaban J connectivity index is 0. The van der Waals surface area contributed by atoms with E-state index in [4.69, 9.17) is 24.7 Å². The van der Waals surface area contributed by atoms with E-state index < -0.39 is 6.04 Å². The molecule has 1 aromatic heterocycles. The zero-order chi connectivity index (χ0) is 44.9. The van der Waals surface area contributed by atoms with E-state index in [1.54, 1.807) is 11.7 Å². The Morgan fingerprint density at radius 1 is 0.867 bits per heavy atom. The van der Waals surface area contributed by atoms with Crippen LogP contribution >= 0.6 is 11.3 Å². The van der Waals surface area contributed by atoms with Crippen LogP contribution in [0, 0.1) is 5.92 Å². The van der Waals surface area contributed by atoms with Crippen LogP contribution in [0.25, 0.3) is 0 Å². The van der Waals surface area contributed by atoms with Gasteiger partial charge in [0.05, 0.1) is 62.2 Å². The molecule has 340 valence electrons. The Labute approximate surface area is 361 Å². The molecule has 17 heteroatoms. The molecule has 2 aromatic carbocycles. The summed E-state index contributed by atoms with van der Waals surface area (Å²) < 4.78 is 24.6. The van der Waals surface area contributed by atoms with Crippen molar-refractivity contribution in [3.63, 3.8) is 0 Å². The minimum Gasteiger partial charge on any atom is -0.462 e. The Hall–Kier alpha value is -4.01. The molecule has 0 aliphatic rings. The number of nitrogens with zero attached hydrogens (tertiary/aromatic N) is 1. The van der Waals surface area contributed by atoms with E-state index >= 15 is 0 Å². The topological polar surface area (TPSA) is 236 Å². The molecule has 1 heterocycles. The van der Waals surface area contributed by atoms with Gasteiger partial charge in [0.2, 0.25) is 5.91 Å². The van der Waals surface area contributed by atoms with Crippen LogP contribution < -0.4 is 27.4 Å². The molecule has 2 unspecified atom stereocenters. The quantitative estimate of drug-likeness (QED) is 0.0434. The number of nitrogens with one attached hydrogen (secondary N) is 3. The number of aromatic nitrogens is 1. The lowest BCUT2D eigenvalue weighted by Gasteiger charge is -2.22. The highest BCUT2D eigenvalue weighted by Crippen LogP contribution is 2.12. The van der Waals surface area contributed by atoms with Crippen LogP contribution in [0.1, 0.15) is 42.7 Å². The maximum atomic E-state index is 11.4. The van der Waals surface area contributed by atoms with Crippen LogP contribution in [0.5, 0.6) is 0 Å². The first-order valence-electron chi connectivity index (χ1n) is 20.0. The largest absolute Gasteiger partial charge is 0.462 e. The highest BCUT2D eigenvalue weighted by Gasteiger charge is 2.17. The van der Waals surface area contributed by atoms with Crippen molar-refractivity contribution in [2.24, 2.45) is 17.4 Å². The van der Waals surface area contributed by atoms with Crippen molar-refractivity contribution in [3.05, 3.63) is 88.4 Å². The molecule has 8 N–H and O–H groups in total. The molecular weight excluding hydrogens is 793 g/mol. The first-order chi connectivity index (χ1) is 29.3. The number of aldehydes is 2. The summed E-state index contributed by atoms with van der Waals surface area (Å²) >= 11 is 1.47. The highest BCUT2D eigenvalue weighted by molar-refractivity contribution is 7.09. The molecule has 0 radical (unpaired) electrons. The number of hydrogen-bond acceptors (Lipinski definition) is 16. The average Bonchev–Trinajstić information content (AvgIpc) is 3.81. The maximum absolute atomic E-state index is 11.4. The number of hydrogen-bond donors (Lipinski definition) is 6. The van der Waals surface area contributed by atoms with E-state index in [-0.39, 0.29) is 37.2 Å². The van der Waals surface area contributed by atoms with Crippen molar-refractivity contribution in [3.8, 4) is 0 Å². The van der Waals surface area contributed by atoms with E-state index in [9.17, 15) is 24.3 Å². The maximum Gasteiger partial charge on any atom is 0.293 e. The van der Waals surface area contributed by atoms with Crippen LogP contribution in [0.4, 0.5) is 0 Å². The molecule has 0 spiro atoms. The molecule has 1 amide bonds. The normalized spacial score (nSPS) is 11.6. The molecule has 0 bridgehead atoms. The molecule has 3 atom stereocenters. The third-order valence-electron chi connectivity index (χ3n) is 7.83. The first-order valence-corrected chi connectivity index (χ1v) is 20.9. The second kappa shape index (κ2) is 44.5. The number of aliphatic hydroxyl groups excluding tert-OH is 1. The van der Waals surface area contributed by atoms with Gasteiger partial charge in [0.1, 0.15) is 32.4 Å². The van der Waals surface area contributed by atoms with Crippen molar-refractivity contribution in [2.45, 2.75) is 64.3 Å². The van der Waals surface area contributed by atoms with Crippen molar-refractivity contribution < 1.29 is 48.0 Å². The van der Waals surface area contributed by atoms with E-state index in [1.807, 2.05) is 52.2 Å². The van der Waals surface area contributed by atoms with Crippen LogP contribution in [-0.4, -0.2) is 140 Å². The molecule has 0 saturated heterocycles. The summed E-state index contributed by atoms with van der Waals surface area (Å²) in [5.74, 6) is -0.202. The second-order valence-electron chi connectivity index (χ2n) is 12.8. The highest BCUT2D eigenvalue weighted by atomic mass is 32.1. The number of aliphatic hydroxyl groups is 1. The summed E-state index contributed by atoms with van der Waals surface area (Å²) in [7, 11) is 5.27. The SMILES string of the molecule is CN.CNC(Cc1ccccc1)C(O)CCCc1ccccc1.CNCCOCCOCC(=O)N[C@H](C=O)C(C)C.NCCOCCOCC=O.O=COCc1cncs1. The first kappa shape index (κ1) is 58.1. The van der Waals surface area contributed by atoms with Crippen molar-refractivity contribution in [2.75, 3.05) is 87.1 Å². The number of carbonyl (C=O) groups is 4. The fourth-order valence-electron chi connectivity index (χ4n) is 4.67. The molecule has 0 fully saturated rings. The minimum absolute atomic E-state index is 0.0492. The van der Waals surface area contributed by atoms with Crippen LogP contribution in [0.2, 0.25) is 0 Å². The summed E-state index contributed by atoms with van der Waals surface area (Å²) in [6, 6.07) is 20.5. The molecule has 0 aliphatic heterocycles. The third kappa shape index (κ3) is 35.9. The van der Waals surface area contributed by atoms with Gasteiger partial charge >= 0.3 is 0 Å². The van der Waals surface area contributed by atoms with E-state index in [1.165, 1.54) is 29.5 Å². The average molecular weight is 865 g/mol. The molecule has 3 aromatic rings. The second-order valence-corrected chi connectivity index (χ2v) is 13.8. The summed E-state index contributed by atoms with van der Waals surface area (Å²) in [5.41, 5.74) is 13.9. The Morgan fingerprint density at radius 3 is 2.02 bits per heavy atom. The van der Waals surface area contributed by atoms with Crippen molar-refractivity contribution >= 4 is 36.3 Å². The molecule has 60 heavy (non-hydrogen) atoms. The third-order valence-corrected chi connectivity index (χ3v) is 8.59. The number of aryl methyl sites for hydroxylation is 1. The predicted molar refractivity (Wildman–Crippen MR) is 237 cm³/mol.